The lowest BCUT2D eigenvalue weighted by atomic mass is 10.5. The van der Waals surface area contributed by atoms with Crippen LogP contribution in [0.15, 0.2) is 37.7 Å². The number of anilines is 1. The molecule has 0 fully saturated rings. The van der Waals surface area contributed by atoms with E-state index in [2.05, 4.69) is 9.97 Å². The third-order valence-corrected chi connectivity index (χ3v) is 2.46. The van der Waals surface area contributed by atoms with Crippen molar-refractivity contribution in [1.29, 1.82) is 0 Å². The molecule has 0 atom stereocenters. The number of H-pyrrole nitrogens is 1. The van der Waals surface area contributed by atoms with E-state index in [1.54, 1.807) is 6.07 Å². The van der Waals surface area contributed by atoms with Crippen LogP contribution in [0.4, 0.5) is 5.82 Å². The van der Waals surface area contributed by atoms with Crippen molar-refractivity contribution in [2.24, 2.45) is 0 Å². The summed E-state index contributed by atoms with van der Waals surface area (Å²) in [5.41, 5.74) is 5.08. The number of nitrogens with one attached hydrogen (secondary N) is 1. The van der Waals surface area contributed by atoms with E-state index < -0.39 is 0 Å². The van der Waals surface area contributed by atoms with Gasteiger partial charge in [-0.3, -0.25) is 9.59 Å². The van der Waals surface area contributed by atoms with Crippen LogP contribution >= 0.6 is 11.8 Å². The summed E-state index contributed by atoms with van der Waals surface area (Å²) in [6.07, 6.45) is 0.597. The van der Waals surface area contributed by atoms with E-state index in [4.69, 9.17) is 10.2 Å². The number of carbonyl (C=O) groups is 1. The average Bonchev–Trinajstić information content (AvgIpc) is 2.64. The summed E-state index contributed by atoms with van der Waals surface area (Å²) in [6.45, 7) is 0. The normalized spacial score (nSPS) is 10.2. The van der Waals surface area contributed by atoms with Crippen molar-refractivity contribution in [3.05, 3.63) is 34.3 Å². The van der Waals surface area contributed by atoms with Gasteiger partial charge in [-0.15, -0.1) is 0 Å². The van der Waals surface area contributed by atoms with Crippen molar-refractivity contribution in [1.82, 2.24) is 9.97 Å². The molecule has 0 radical (unpaired) electrons. The Morgan fingerprint density at radius 3 is 2.94 bits per heavy atom. The SMILES string of the molecule is Nc1cc(=O)[nH]c(Sc2ccc(C=O)o2)n1. The largest absolute Gasteiger partial charge is 0.447 e. The molecule has 0 bridgehead atoms. The molecule has 3 N–H and O–H groups in total. The van der Waals surface area contributed by atoms with Gasteiger partial charge in [0.05, 0.1) is 0 Å². The van der Waals surface area contributed by atoms with Gasteiger partial charge in [0.1, 0.15) is 5.82 Å². The van der Waals surface area contributed by atoms with Crippen LogP contribution in [0.3, 0.4) is 0 Å². The van der Waals surface area contributed by atoms with Gasteiger partial charge in [0.15, 0.2) is 22.3 Å². The zero-order valence-electron chi connectivity index (χ0n) is 7.97. The molecule has 2 aromatic rings. The van der Waals surface area contributed by atoms with E-state index in [0.717, 1.165) is 11.8 Å². The van der Waals surface area contributed by atoms with Gasteiger partial charge >= 0.3 is 0 Å². The number of hydrogen-bond donors (Lipinski definition) is 2. The van der Waals surface area contributed by atoms with Crippen molar-refractivity contribution in [2.45, 2.75) is 10.2 Å². The Bertz CT molecular complexity index is 575. The van der Waals surface area contributed by atoms with Crippen LogP contribution in [-0.4, -0.2) is 16.3 Å². The van der Waals surface area contributed by atoms with Gasteiger partial charge in [0.2, 0.25) is 0 Å². The molecule has 0 aromatic carbocycles. The van der Waals surface area contributed by atoms with Crippen molar-refractivity contribution in [3.8, 4) is 0 Å². The van der Waals surface area contributed by atoms with Crippen LogP contribution in [0.5, 0.6) is 0 Å². The van der Waals surface area contributed by atoms with Crippen LogP contribution in [0.25, 0.3) is 0 Å². The fourth-order valence-corrected chi connectivity index (χ4v) is 1.82. The molecule has 6 nitrogen and oxygen atoms in total. The highest BCUT2D eigenvalue weighted by molar-refractivity contribution is 7.99. The second-order valence-corrected chi connectivity index (χ2v) is 3.85. The highest BCUT2D eigenvalue weighted by Crippen LogP contribution is 2.25. The minimum absolute atomic E-state index is 0.133. The number of nitrogens with two attached hydrogens (primary N) is 1. The molecule has 0 saturated carbocycles. The predicted molar refractivity (Wildman–Crippen MR) is 57.5 cm³/mol. The Kier molecular flexibility index (Phi) is 2.78. The maximum absolute atomic E-state index is 11.1. The Hall–Kier alpha value is -2.02. The lowest BCUT2D eigenvalue weighted by Gasteiger charge is -1.97. The van der Waals surface area contributed by atoms with Gasteiger partial charge in [0.25, 0.3) is 5.56 Å². The van der Waals surface area contributed by atoms with Gasteiger partial charge in [0, 0.05) is 6.07 Å². The molecule has 0 aliphatic carbocycles. The number of nitrogens with zero attached hydrogens (tertiary/aromatic N) is 1. The number of aromatic amines is 1. The van der Waals surface area contributed by atoms with Crippen LogP contribution in [-0.2, 0) is 0 Å². The van der Waals surface area contributed by atoms with E-state index in [-0.39, 0.29) is 17.1 Å². The monoisotopic (exact) mass is 237 g/mol. The summed E-state index contributed by atoms with van der Waals surface area (Å²) in [5, 5.41) is 0.771. The fourth-order valence-electron chi connectivity index (χ4n) is 1.05. The molecule has 2 heterocycles. The Labute approximate surface area is 93.9 Å². The summed E-state index contributed by atoms with van der Waals surface area (Å²) in [5.74, 6) is 0.349. The van der Waals surface area contributed by atoms with E-state index in [1.165, 1.54) is 12.1 Å². The standard InChI is InChI=1S/C9H7N3O3S/c10-6-3-7(14)12-9(11-6)16-8-2-1-5(4-13)15-8/h1-4H,(H3,10,11,12,14). The number of hydrogen-bond acceptors (Lipinski definition) is 6. The molecule has 0 saturated heterocycles. The fraction of sp³-hybridized carbons (Fsp3) is 0. The highest BCUT2D eigenvalue weighted by atomic mass is 32.2. The molecular formula is C9H7N3O3S. The van der Waals surface area contributed by atoms with Gasteiger partial charge in [-0.1, -0.05) is 0 Å². The Morgan fingerprint density at radius 1 is 1.50 bits per heavy atom. The third-order valence-electron chi connectivity index (χ3n) is 1.66. The van der Waals surface area contributed by atoms with E-state index in [9.17, 15) is 9.59 Å². The molecule has 0 aliphatic heterocycles. The van der Waals surface area contributed by atoms with Crippen LogP contribution < -0.4 is 11.3 Å². The number of rotatable bonds is 3. The van der Waals surface area contributed by atoms with Crippen LogP contribution in [0.1, 0.15) is 10.6 Å². The average molecular weight is 237 g/mol. The molecule has 0 aliphatic rings. The molecule has 2 rings (SSSR count). The Balaban J connectivity index is 2.26. The predicted octanol–water partition coefficient (Wildman–Crippen LogP) is 0.909. The molecular weight excluding hydrogens is 230 g/mol. The van der Waals surface area contributed by atoms with Gasteiger partial charge in [-0.25, -0.2) is 4.98 Å². The second-order valence-electron chi connectivity index (χ2n) is 2.85. The van der Waals surface area contributed by atoms with Crippen molar-refractivity contribution < 1.29 is 9.21 Å². The quantitative estimate of drug-likeness (QED) is 0.607. The van der Waals surface area contributed by atoms with Crippen molar-refractivity contribution >= 4 is 23.9 Å². The number of furan rings is 1. The van der Waals surface area contributed by atoms with Crippen molar-refractivity contribution in [2.75, 3.05) is 5.73 Å². The molecule has 7 heteroatoms. The first-order valence-electron chi connectivity index (χ1n) is 4.27. The summed E-state index contributed by atoms with van der Waals surface area (Å²) >= 11 is 1.08. The number of aldehydes is 1. The van der Waals surface area contributed by atoms with Gasteiger partial charge < -0.3 is 15.1 Å². The lowest BCUT2D eigenvalue weighted by Crippen LogP contribution is -2.09. The molecule has 16 heavy (non-hydrogen) atoms. The highest BCUT2D eigenvalue weighted by Gasteiger charge is 2.06. The molecule has 0 spiro atoms. The first-order valence-corrected chi connectivity index (χ1v) is 5.09. The van der Waals surface area contributed by atoms with Gasteiger partial charge in [-0.2, -0.15) is 0 Å². The van der Waals surface area contributed by atoms with Crippen LogP contribution in [0, 0.1) is 0 Å². The maximum Gasteiger partial charge on any atom is 0.253 e. The van der Waals surface area contributed by atoms with E-state index >= 15 is 0 Å². The number of nitrogen functional groups attached to an aromatic ring is 1. The number of carbonyl (C=O) groups excluding carboxylic acids is 1. The summed E-state index contributed by atoms with van der Waals surface area (Å²) < 4.78 is 5.11. The van der Waals surface area contributed by atoms with Gasteiger partial charge in [-0.05, 0) is 23.9 Å². The second kappa shape index (κ2) is 4.23. The summed E-state index contributed by atoms with van der Waals surface area (Å²) in [6, 6.07) is 4.32. The topological polar surface area (TPSA) is 102 Å². The summed E-state index contributed by atoms with van der Waals surface area (Å²) in [7, 11) is 0. The first kappa shape index (κ1) is 10.5. The smallest absolute Gasteiger partial charge is 0.253 e. The minimum Gasteiger partial charge on any atom is -0.447 e. The third kappa shape index (κ3) is 2.31. The molecule has 0 amide bonds. The first-order chi connectivity index (χ1) is 7.67. The van der Waals surface area contributed by atoms with Crippen LogP contribution in [0.2, 0.25) is 0 Å². The van der Waals surface area contributed by atoms with E-state index in [1.807, 2.05) is 0 Å². The molecule has 0 unspecified atom stereocenters. The summed E-state index contributed by atoms with van der Waals surface area (Å²) in [4.78, 5) is 27.9. The van der Waals surface area contributed by atoms with E-state index in [0.29, 0.717) is 16.5 Å². The lowest BCUT2D eigenvalue weighted by molar-refractivity contribution is 0.109. The molecule has 2 aromatic heterocycles. The minimum atomic E-state index is -0.336. The number of aromatic nitrogens is 2. The maximum atomic E-state index is 11.1. The van der Waals surface area contributed by atoms with Crippen molar-refractivity contribution in [3.63, 3.8) is 0 Å². The zero-order chi connectivity index (χ0) is 11.5. The zero-order valence-corrected chi connectivity index (χ0v) is 8.78. The molecule has 82 valence electrons. The Morgan fingerprint density at radius 2 is 2.31 bits per heavy atom.